The lowest BCUT2D eigenvalue weighted by atomic mass is 10.2. The maximum Gasteiger partial charge on any atom is 0.343 e. The first kappa shape index (κ1) is 24.3. The van der Waals surface area contributed by atoms with Gasteiger partial charge >= 0.3 is 5.97 Å². The first-order valence-corrected chi connectivity index (χ1v) is 11.1. The van der Waals surface area contributed by atoms with Crippen molar-refractivity contribution in [1.29, 1.82) is 0 Å². The predicted octanol–water partition coefficient (Wildman–Crippen LogP) is 5.25. The van der Waals surface area contributed by atoms with E-state index in [1.54, 1.807) is 66.7 Å². The van der Waals surface area contributed by atoms with Crippen molar-refractivity contribution in [2.75, 3.05) is 13.2 Å². The minimum absolute atomic E-state index is 0.265. The molecule has 3 aromatic carbocycles. The van der Waals surface area contributed by atoms with Gasteiger partial charge in [0, 0.05) is 10.0 Å². The van der Waals surface area contributed by atoms with Crippen molar-refractivity contribution < 1.29 is 23.8 Å². The van der Waals surface area contributed by atoms with E-state index < -0.39 is 11.9 Å². The number of hydrazone groups is 1. The Bertz CT molecular complexity index is 1150. The minimum Gasteiger partial charge on any atom is -0.494 e. The van der Waals surface area contributed by atoms with Crippen LogP contribution in [0.1, 0.15) is 22.8 Å². The van der Waals surface area contributed by atoms with Gasteiger partial charge in [-0.1, -0.05) is 39.7 Å². The second-order valence-electron chi connectivity index (χ2n) is 6.54. The molecule has 1 amide bonds. The van der Waals surface area contributed by atoms with Crippen LogP contribution in [0.15, 0.2) is 76.3 Å². The molecule has 1 N–H and O–H groups in total. The van der Waals surface area contributed by atoms with Crippen LogP contribution in [0.5, 0.6) is 17.2 Å². The van der Waals surface area contributed by atoms with Gasteiger partial charge in [0.25, 0.3) is 5.91 Å². The quantitative estimate of drug-likeness (QED) is 0.176. The molecule has 0 unspecified atom stereocenters. The van der Waals surface area contributed by atoms with E-state index in [9.17, 15) is 9.59 Å². The van der Waals surface area contributed by atoms with Gasteiger partial charge in [0.15, 0.2) is 6.61 Å². The zero-order chi connectivity index (χ0) is 23.6. The average molecular weight is 532 g/mol. The van der Waals surface area contributed by atoms with Gasteiger partial charge in [0.2, 0.25) is 0 Å². The van der Waals surface area contributed by atoms with Crippen LogP contribution in [-0.2, 0) is 4.79 Å². The Morgan fingerprint density at radius 1 is 1.03 bits per heavy atom. The zero-order valence-corrected chi connectivity index (χ0v) is 19.9. The number of halogens is 2. The van der Waals surface area contributed by atoms with Gasteiger partial charge in [-0.25, -0.2) is 10.2 Å². The highest BCUT2D eigenvalue weighted by atomic mass is 79.9. The van der Waals surface area contributed by atoms with Crippen molar-refractivity contribution in [3.05, 3.63) is 87.4 Å². The summed E-state index contributed by atoms with van der Waals surface area (Å²) in [7, 11) is 0. The summed E-state index contributed by atoms with van der Waals surface area (Å²) in [5, 5.41) is 4.33. The number of carbonyl (C=O) groups excluding carboxylic acids is 2. The van der Waals surface area contributed by atoms with Crippen molar-refractivity contribution in [2.24, 2.45) is 5.10 Å². The molecule has 0 atom stereocenters. The van der Waals surface area contributed by atoms with Crippen LogP contribution in [0.3, 0.4) is 0 Å². The molecule has 0 spiro atoms. The molecule has 0 fully saturated rings. The fourth-order valence-electron chi connectivity index (χ4n) is 2.64. The lowest BCUT2D eigenvalue weighted by Crippen LogP contribution is -2.24. The van der Waals surface area contributed by atoms with Gasteiger partial charge in [-0.15, -0.1) is 0 Å². The molecule has 0 saturated heterocycles. The number of carbonyl (C=O) groups is 2. The minimum atomic E-state index is -0.535. The smallest absolute Gasteiger partial charge is 0.343 e. The maximum atomic E-state index is 12.5. The molecular formula is C24H20BrClN2O5. The molecule has 33 heavy (non-hydrogen) atoms. The van der Waals surface area contributed by atoms with Gasteiger partial charge in [-0.2, -0.15) is 5.10 Å². The van der Waals surface area contributed by atoms with Crippen LogP contribution < -0.4 is 19.6 Å². The van der Waals surface area contributed by atoms with Gasteiger partial charge < -0.3 is 14.2 Å². The second-order valence-corrected chi connectivity index (χ2v) is 7.86. The second kappa shape index (κ2) is 12.0. The lowest BCUT2D eigenvalue weighted by Gasteiger charge is -2.09. The fraction of sp³-hybridized carbons (Fsp3) is 0.125. The Hall–Kier alpha value is -3.36. The number of esters is 1. The summed E-state index contributed by atoms with van der Waals surface area (Å²) in [5.74, 6) is 0.331. The monoisotopic (exact) mass is 530 g/mol. The summed E-state index contributed by atoms with van der Waals surface area (Å²) in [6.07, 6.45) is 1.37. The molecule has 0 bridgehead atoms. The van der Waals surface area contributed by atoms with Crippen molar-refractivity contribution in [2.45, 2.75) is 6.92 Å². The number of amides is 1. The Kier molecular flexibility index (Phi) is 8.86. The Morgan fingerprint density at radius 2 is 1.79 bits per heavy atom. The molecule has 0 heterocycles. The third-order valence-corrected chi connectivity index (χ3v) is 4.97. The van der Waals surface area contributed by atoms with E-state index in [1.165, 1.54) is 6.21 Å². The van der Waals surface area contributed by atoms with Crippen molar-refractivity contribution in [1.82, 2.24) is 5.43 Å². The molecule has 170 valence electrons. The number of benzene rings is 3. The van der Waals surface area contributed by atoms with E-state index in [0.29, 0.717) is 34.3 Å². The molecular weight excluding hydrogens is 512 g/mol. The van der Waals surface area contributed by atoms with Crippen molar-refractivity contribution >= 4 is 45.6 Å². The van der Waals surface area contributed by atoms with Gasteiger partial charge in [-0.3, -0.25) is 4.79 Å². The number of nitrogens with zero attached hydrogens (tertiary/aromatic N) is 1. The number of nitrogens with one attached hydrogen (secondary N) is 1. The molecule has 0 saturated carbocycles. The van der Waals surface area contributed by atoms with Crippen LogP contribution in [0.25, 0.3) is 0 Å². The molecule has 0 aliphatic rings. The summed E-state index contributed by atoms with van der Waals surface area (Å²) in [6.45, 7) is 2.15. The van der Waals surface area contributed by atoms with E-state index in [2.05, 4.69) is 26.5 Å². The molecule has 3 aromatic rings. The zero-order valence-electron chi connectivity index (χ0n) is 17.6. The number of ether oxygens (including phenoxy) is 3. The van der Waals surface area contributed by atoms with Gasteiger partial charge in [-0.05, 0) is 61.5 Å². The molecule has 0 radical (unpaired) electrons. The number of para-hydroxylation sites is 1. The third kappa shape index (κ3) is 7.34. The molecule has 9 heteroatoms. The Balaban J connectivity index is 1.61. The van der Waals surface area contributed by atoms with E-state index in [1.807, 2.05) is 6.92 Å². The van der Waals surface area contributed by atoms with E-state index in [-0.39, 0.29) is 12.4 Å². The van der Waals surface area contributed by atoms with Gasteiger partial charge in [0.1, 0.15) is 17.2 Å². The largest absolute Gasteiger partial charge is 0.494 e. The van der Waals surface area contributed by atoms with Crippen LogP contribution in [0, 0.1) is 0 Å². The van der Waals surface area contributed by atoms with Crippen LogP contribution >= 0.6 is 27.5 Å². The van der Waals surface area contributed by atoms with E-state index in [0.717, 1.165) is 4.47 Å². The van der Waals surface area contributed by atoms with Crippen molar-refractivity contribution in [3.63, 3.8) is 0 Å². The SMILES string of the molecule is CCOc1ccc(C(=O)Oc2ccc(Br)cc2/C=N/NC(=O)COc2ccccc2Cl)cc1. The summed E-state index contributed by atoms with van der Waals surface area (Å²) in [4.78, 5) is 24.5. The first-order chi connectivity index (χ1) is 16.0. The lowest BCUT2D eigenvalue weighted by molar-refractivity contribution is -0.123. The number of rotatable bonds is 9. The van der Waals surface area contributed by atoms with Crippen LogP contribution in [-0.4, -0.2) is 31.3 Å². The Labute approximate surface area is 204 Å². The molecule has 3 rings (SSSR count). The standard InChI is InChI=1S/C24H20BrClN2O5/c1-2-31-19-10-7-16(8-11-19)24(30)33-21-12-9-18(25)13-17(21)14-27-28-23(29)15-32-22-6-4-3-5-20(22)26/h3-14H,2,15H2,1H3,(H,28,29)/b27-14+. The van der Waals surface area contributed by atoms with Gasteiger partial charge in [0.05, 0.1) is 23.4 Å². The highest BCUT2D eigenvalue weighted by Gasteiger charge is 2.12. The van der Waals surface area contributed by atoms with Crippen LogP contribution in [0.4, 0.5) is 0 Å². The molecule has 0 aliphatic carbocycles. The number of hydrogen-bond donors (Lipinski definition) is 1. The van der Waals surface area contributed by atoms with E-state index >= 15 is 0 Å². The highest BCUT2D eigenvalue weighted by molar-refractivity contribution is 9.10. The summed E-state index contributed by atoms with van der Waals surface area (Å²) in [6, 6.07) is 18.5. The first-order valence-electron chi connectivity index (χ1n) is 9.90. The highest BCUT2D eigenvalue weighted by Crippen LogP contribution is 2.24. The summed E-state index contributed by atoms with van der Waals surface area (Å²) >= 11 is 9.37. The normalized spacial score (nSPS) is 10.6. The topological polar surface area (TPSA) is 86.2 Å². The Morgan fingerprint density at radius 3 is 2.52 bits per heavy atom. The molecule has 7 nitrogen and oxygen atoms in total. The number of hydrogen-bond acceptors (Lipinski definition) is 6. The molecule has 0 aliphatic heterocycles. The fourth-order valence-corrected chi connectivity index (χ4v) is 3.21. The third-order valence-electron chi connectivity index (χ3n) is 4.16. The predicted molar refractivity (Wildman–Crippen MR) is 129 cm³/mol. The van der Waals surface area contributed by atoms with Crippen LogP contribution in [0.2, 0.25) is 5.02 Å². The maximum absolute atomic E-state index is 12.5. The molecule has 0 aromatic heterocycles. The average Bonchev–Trinajstić information content (AvgIpc) is 2.81. The summed E-state index contributed by atoms with van der Waals surface area (Å²) < 4.78 is 17.0. The van der Waals surface area contributed by atoms with E-state index in [4.69, 9.17) is 25.8 Å². The van der Waals surface area contributed by atoms with Crippen molar-refractivity contribution in [3.8, 4) is 17.2 Å². The summed E-state index contributed by atoms with van der Waals surface area (Å²) in [5.41, 5.74) is 3.22.